The van der Waals surface area contributed by atoms with Gasteiger partial charge in [-0.25, -0.2) is 4.79 Å². The topological polar surface area (TPSA) is 112 Å². The summed E-state index contributed by atoms with van der Waals surface area (Å²) >= 11 is 0. The number of phenols is 2. The van der Waals surface area contributed by atoms with Crippen LogP contribution in [0.15, 0.2) is 42.7 Å². The predicted molar refractivity (Wildman–Crippen MR) is 131 cm³/mol. The fraction of sp³-hybridized carbons (Fsp3) is 0.519. The Morgan fingerprint density at radius 1 is 1.09 bits per heavy atom. The minimum absolute atomic E-state index is 0.0202. The molecule has 1 aromatic heterocycles. The van der Waals surface area contributed by atoms with Gasteiger partial charge in [-0.05, 0) is 66.2 Å². The molecule has 0 aliphatic heterocycles. The van der Waals surface area contributed by atoms with Crippen LogP contribution in [0.25, 0.3) is 0 Å². The maximum absolute atomic E-state index is 13.9. The van der Waals surface area contributed by atoms with E-state index in [1.54, 1.807) is 24.5 Å². The van der Waals surface area contributed by atoms with Crippen molar-refractivity contribution in [3.63, 3.8) is 0 Å². The van der Waals surface area contributed by atoms with E-state index in [2.05, 4.69) is 36.4 Å². The van der Waals surface area contributed by atoms with Gasteiger partial charge in [0.1, 0.15) is 11.5 Å². The minimum atomic E-state index is -0.365. The molecular weight excluding hydrogens is 430 g/mol. The van der Waals surface area contributed by atoms with Crippen molar-refractivity contribution in [2.24, 2.45) is 28.6 Å². The Hall–Kier alpha value is -3.09. The first-order chi connectivity index (χ1) is 16.0. The molecule has 0 radical (unpaired) electrons. The van der Waals surface area contributed by atoms with Gasteiger partial charge < -0.3 is 20.8 Å². The van der Waals surface area contributed by atoms with E-state index in [1.165, 1.54) is 18.2 Å². The fourth-order valence-electron chi connectivity index (χ4n) is 6.85. The summed E-state index contributed by atoms with van der Waals surface area (Å²) in [6.45, 7) is 8.77. The molecule has 0 saturated heterocycles. The summed E-state index contributed by atoms with van der Waals surface area (Å²) in [5.41, 5.74) is 0.677. The predicted octanol–water partition coefficient (Wildman–Crippen LogP) is 5.35. The molecule has 1 heterocycles. The third-order valence-electron chi connectivity index (χ3n) is 8.34. The highest BCUT2D eigenvalue weighted by Gasteiger charge is 2.58. The SMILES string of the molecule is CC1C(NC(=O)Nc2cccnc2)CC2C(C)(C)CCCC2(C)C1C(=O)c1cc(O)cc(O)c1. The number of nitrogens with zero attached hydrogens (tertiary/aromatic N) is 1. The molecule has 34 heavy (non-hydrogen) atoms. The molecule has 4 N–H and O–H groups in total. The molecular formula is C27H35N3O4. The Morgan fingerprint density at radius 3 is 2.44 bits per heavy atom. The van der Waals surface area contributed by atoms with Crippen LogP contribution in [0.2, 0.25) is 0 Å². The van der Waals surface area contributed by atoms with Crippen molar-refractivity contribution in [3.05, 3.63) is 48.3 Å². The van der Waals surface area contributed by atoms with Crippen molar-refractivity contribution in [1.82, 2.24) is 10.3 Å². The number of fused-ring (bicyclic) bond motifs is 1. The van der Waals surface area contributed by atoms with Crippen LogP contribution >= 0.6 is 0 Å². The van der Waals surface area contributed by atoms with E-state index in [-0.39, 0.29) is 57.9 Å². The molecule has 5 unspecified atom stereocenters. The Bertz CT molecular complexity index is 1050. The van der Waals surface area contributed by atoms with Gasteiger partial charge in [0.2, 0.25) is 0 Å². The molecule has 2 aliphatic carbocycles. The van der Waals surface area contributed by atoms with Gasteiger partial charge in [-0.1, -0.05) is 34.1 Å². The van der Waals surface area contributed by atoms with E-state index in [0.717, 1.165) is 25.7 Å². The third-order valence-corrected chi connectivity index (χ3v) is 8.34. The van der Waals surface area contributed by atoms with Crippen LogP contribution < -0.4 is 10.6 Å². The number of aromatic hydroxyl groups is 2. The number of benzene rings is 1. The molecule has 0 spiro atoms. The minimum Gasteiger partial charge on any atom is -0.508 e. The first kappa shape index (κ1) is 24.0. The van der Waals surface area contributed by atoms with E-state index in [1.807, 2.05) is 6.92 Å². The molecule has 5 atom stereocenters. The normalized spacial score (nSPS) is 30.1. The monoisotopic (exact) mass is 465 g/mol. The molecule has 2 aliphatic rings. The van der Waals surface area contributed by atoms with Crippen LogP contribution in [-0.2, 0) is 0 Å². The van der Waals surface area contributed by atoms with Gasteiger partial charge in [0, 0.05) is 29.8 Å². The van der Waals surface area contributed by atoms with Gasteiger partial charge in [-0.3, -0.25) is 9.78 Å². The summed E-state index contributed by atoms with van der Waals surface area (Å²) in [7, 11) is 0. The molecule has 0 bridgehead atoms. The highest BCUT2D eigenvalue weighted by Crippen LogP contribution is 2.61. The van der Waals surface area contributed by atoms with Gasteiger partial charge in [-0.2, -0.15) is 0 Å². The second kappa shape index (κ2) is 8.93. The Kier molecular flexibility index (Phi) is 6.32. The average Bonchev–Trinajstić information content (AvgIpc) is 2.74. The van der Waals surface area contributed by atoms with Crippen LogP contribution in [0.5, 0.6) is 11.5 Å². The highest BCUT2D eigenvalue weighted by molar-refractivity contribution is 5.99. The van der Waals surface area contributed by atoms with Gasteiger partial charge in [-0.15, -0.1) is 0 Å². The largest absolute Gasteiger partial charge is 0.508 e. The quantitative estimate of drug-likeness (QED) is 0.455. The van der Waals surface area contributed by atoms with Gasteiger partial charge in [0.25, 0.3) is 0 Å². The molecule has 2 saturated carbocycles. The lowest BCUT2D eigenvalue weighted by atomic mass is 9.45. The lowest BCUT2D eigenvalue weighted by Crippen LogP contribution is -2.61. The number of nitrogens with one attached hydrogen (secondary N) is 2. The number of ketones is 1. The number of aromatic nitrogens is 1. The molecule has 2 aromatic rings. The second-order valence-electron chi connectivity index (χ2n) is 11.0. The van der Waals surface area contributed by atoms with Gasteiger partial charge in [0.05, 0.1) is 11.9 Å². The summed E-state index contributed by atoms with van der Waals surface area (Å²) < 4.78 is 0. The number of anilines is 1. The number of Topliss-reactive ketones (excluding diaryl/α,β-unsaturated/α-hetero) is 1. The van der Waals surface area contributed by atoms with Crippen molar-refractivity contribution in [2.45, 2.75) is 59.4 Å². The molecule has 2 fully saturated rings. The number of carbonyl (C=O) groups is 2. The zero-order chi connectivity index (χ0) is 24.7. The smallest absolute Gasteiger partial charge is 0.319 e. The zero-order valence-electron chi connectivity index (χ0n) is 20.3. The zero-order valence-corrected chi connectivity index (χ0v) is 20.3. The average molecular weight is 466 g/mol. The van der Waals surface area contributed by atoms with Crippen LogP contribution in [-0.4, -0.2) is 33.1 Å². The third kappa shape index (κ3) is 4.48. The molecule has 4 rings (SSSR count). The summed E-state index contributed by atoms with van der Waals surface area (Å²) in [6.07, 6.45) is 7.08. The van der Waals surface area contributed by atoms with Crippen molar-refractivity contribution in [1.29, 1.82) is 0 Å². The number of phenolic OH excluding ortho intramolecular Hbond substituents is 2. The van der Waals surface area contributed by atoms with Gasteiger partial charge >= 0.3 is 6.03 Å². The van der Waals surface area contributed by atoms with Crippen molar-refractivity contribution < 1.29 is 19.8 Å². The Balaban J connectivity index is 1.67. The fourth-order valence-corrected chi connectivity index (χ4v) is 6.85. The summed E-state index contributed by atoms with van der Waals surface area (Å²) in [5, 5.41) is 26.0. The Labute approximate surface area is 201 Å². The van der Waals surface area contributed by atoms with E-state index < -0.39 is 0 Å². The number of amides is 2. The number of hydrogen-bond donors (Lipinski definition) is 4. The number of rotatable bonds is 4. The summed E-state index contributed by atoms with van der Waals surface area (Å²) in [5.74, 6) is -0.634. The molecule has 1 aromatic carbocycles. The lowest BCUT2D eigenvalue weighted by molar-refractivity contribution is -0.0897. The van der Waals surface area contributed by atoms with E-state index >= 15 is 0 Å². The van der Waals surface area contributed by atoms with Crippen molar-refractivity contribution in [2.75, 3.05) is 5.32 Å². The van der Waals surface area contributed by atoms with Crippen LogP contribution in [0.1, 0.15) is 63.7 Å². The van der Waals surface area contributed by atoms with Crippen LogP contribution in [0.4, 0.5) is 10.5 Å². The van der Waals surface area contributed by atoms with Crippen LogP contribution in [0, 0.1) is 28.6 Å². The van der Waals surface area contributed by atoms with Crippen molar-refractivity contribution >= 4 is 17.5 Å². The van der Waals surface area contributed by atoms with E-state index in [9.17, 15) is 19.8 Å². The van der Waals surface area contributed by atoms with Crippen molar-refractivity contribution in [3.8, 4) is 11.5 Å². The number of pyridine rings is 1. The summed E-state index contributed by atoms with van der Waals surface area (Å²) in [4.78, 5) is 30.8. The molecule has 7 nitrogen and oxygen atoms in total. The first-order valence-electron chi connectivity index (χ1n) is 12.1. The number of carbonyl (C=O) groups excluding carboxylic acids is 2. The second-order valence-corrected chi connectivity index (χ2v) is 11.0. The first-order valence-corrected chi connectivity index (χ1v) is 12.1. The lowest BCUT2D eigenvalue weighted by Gasteiger charge is -2.60. The van der Waals surface area contributed by atoms with Crippen LogP contribution in [0.3, 0.4) is 0 Å². The molecule has 182 valence electrons. The number of hydrogen-bond acceptors (Lipinski definition) is 5. The molecule has 2 amide bonds. The van der Waals surface area contributed by atoms with E-state index in [4.69, 9.17) is 0 Å². The highest BCUT2D eigenvalue weighted by atomic mass is 16.3. The molecule has 7 heteroatoms. The number of urea groups is 1. The standard InChI is InChI=1S/C27H35N3O4/c1-16-21(30-25(34)29-18-7-5-10-28-15-18)14-22-26(2,3)8-6-9-27(22,4)23(16)24(33)17-11-19(31)13-20(32)12-17/h5,7,10-13,15-16,21-23,31-32H,6,8-9,14H2,1-4H3,(H2,29,30,34). The van der Waals surface area contributed by atoms with E-state index in [0.29, 0.717) is 11.3 Å². The maximum atomic E-state index is 13.9. The van der Waals surface area contributed by atoms with Gasteiger partial charge in [0.15, 0.2) is 5.78 Å². The summed E-state index contributed by atoms with van der Waals surface area (Å²) in [6, 6.07) is 7.09. The Morgan fingerprint density at radius 2 is 1.79 bits per heavy atom. The maximum Gasteiger partial charge on any atom is 0.319 e.